The summed E-state index contributed by atoms with van der Waals surface area (Å²) in [5.74, 6) is 0.0417. The number of methoxy groups -OCH3 is 1. The van der Waals surface area contributed by atoms with Crippen LogP contribution in [0.4, 0.5) is 11.4 Å². The van der Waals surface area contributed by atoms with Crippen molar-refractivity contribution in [1.29, 1.82) is 0 Å². The molecular formula is C14H17N5O2. The smallest absolute Gasteiger partial charge is 0.358 e. The molecule has 110 valence electrons. The van der Waals surface area contributed by atoms with E-state index in [0.717, 1.165) is 0 Å². The summed E-state index contributed by atoms with van der Waals surface area (Å²) in [5, 5.41) is 3.02. The number of esters is 1. The molecular weight excluding hydrogens is 270 g/mol. The normalized spacial score (nSPS) is 11.0. The van der Waals surface area contributed by atoms with E-state index < -0.39 is 5.97 Å². The quantitative estimate of drug-likeness (QED) is 0.864. The van der Waals surface area contributed by atoms with Gasteiger partial charge >= 0.3 is 5.97 Å². The van der Waals surface area contributed by atoms with Crippen LogP contribution in [0.5, 0.6) is 0 Å². The standard InChI is InChI=1S/C14H17N5O2/c1-14(2,3)13-17-7-10(11(19-13)12(20)21-4)18-9-5-15-8-16-6-9/h5-8,18H,1-4H3. The second-order valence-corrected chi connectivity index (χ2v) is 5.45. The highest BCUT2D eigenvalue weighted by atomic mass is 16.5. The van der Waals surface area contributed by atoms with E-state index in [1.807, 2.05) is 20.8 Å². The van der Waals surface area contributed by atoms with Crippen molar-refractivity contribution in [3.05, 3.63) is 36.4 Å². The highest BCUT2D eigenvalue weighted by molar-refractivity contribution is 5.94. The largest absolute Gasteiger partial charge is 0.464 e. The number of nitrogens with one attached hydrogen (secondary N) is 1. The molecule has 0 amide bonds. The Morgan fingerprint density at radius 2 is 1.86 bits per heavy atom. The molecule has 0 spiro atoms. The van der Waals surface area contributed by atoms with Crippen molar-refractivity contribution in [2.24, 2.45) is 0 Å². The van der Waals surface area contributed by atoms with Crippen LogP contribution in [0.15, 0.2) is 24.9 Å². The van der Waals surface area contributed by atoms with Gasteiger partial charge in [0.1, 0.15) is 12.2 Å². The molecule has 0 fully saturated rings. The monoisotopic (exact) mass is 287 g/mol. The first kappa shape index (κ1) is 14.8. The lowest BCUT2D eigenvalue weighted by Gasteiger charge is -2.18. The van der Waals surface area contributed by atoms with E-state index in [9.17, 15) is 4.79 Å². The molecule has 2 aromatic heterocycles. The third kappa shape index (κ3) is 3.50. The molecule has 0 aliphatic carbocycles. The number of nitrogens with zero attached hydrogens (tertiary/aromatic N) is 4. The highest BCUT2D eigenvalue weighted by Gasteiger charge is 2.22. The molecule has 2 rings (SSSR count). The molecule has 0 unspecified atom stereocenters. The Bertz CT molecular complexity index is 638. The molecule has 0 saturated heterocycles. The number of carbonyl (C=O) groups excluding carboxylic acids is 1. The Morgan fingerprint density at radius 3 is 2.43 bits per heavy atom. The molecule has 0 saturated carbocycles. The maximum Gasteiger partial charge on any atom is 0.358 e. The van der Waals surface area contributed by atoms with Gasteiger partial charge in [-0.1, -0.05) is 20.8 Å². The van der Waals surface area contributed by atoms with Crippen molar-refractivity contribution in [3.63, 3.8) is 0 Å². The lowest BCUT2D eigenvalue weighted by atomic mass is 9.95. The van der Waals surface area contributed by atoms with Gasteiger partial charge in [0.05, 0.1) is 37.1 Å². The Kier molecular flexibility index (Phi) is 4.11. The van der Waals surface area contributed by atoms with E-state index in [1.54, 1.807) is 18.6 Å². The zero-order valence-electron chi connectivity index (χ0n) is 12.4. The molecule has 7 heteroatoms. The van der Waals surface area contributed by atoms with Gasteiger partial charge in [0.15, 0.2) is 5.69 Å². The fraction of sp³-hybridized carbons (Fsp3) is 0.357. The van der Waals surface area contributed by atoms with E-state index in [2.05, 4.69) is 25.3 Å². The Labute approximate surface area is 122 Å². The summed E-state index contributed by atoms with van der Waals surface area (Å²) in [7, 11) is 1.32. The van der Waals surface area contributed by atoms with Gasteiger partial charge in [0.25, 0.3) is 0 Å². The van der Waals surface area contributed by atoms with Crippen molar-refractivity contribution in [2.75, 3.05) is 12.4 Å². The van der Waals surface area contributed by atoms with Crippen LogP contribution in [0.25, 0.3) is 0 Å². The molecule has 0 radical (unpaired) electrons. The molecule has 0 atom stereocenters. The van der Waals surface area contributed by atoms with Gasteiger partial charge in [-0.15, -0.1) is 0 Å². The lowest BCUT2D eigenvalue weighted by molar-refractivity contribution is 0.0594. The van der Waals surface area contributed by atoms with Crippen LogP contribution < -0.4 is 5.32 Å². The summed E-state index contributed by atoms with van der Waals surface area (Å²) in [5.41, 5.74) is 0.998. The predicted molar refractivity (Wildman–Crippen MR) is 77.4 cm³/mol. The number of anilines is 2. The number of hydrogen-bond acceptors (Lipinski definition) is 7. The van der Waals surface area contributed by atoms with Crippen LogP contribution in [-0.4, -0.2) is 33.0 Å². The molecule has 7 nitrogen and oxygen atoms in total. The average Bonchev–Trinajstić information content (AvgIpc) is 2.47. The van der Waals surface area contributed by atoms with E-state index in [-0.39, 0.29) is 11.1 Å². The number of ether oxygens (including phenoxy) is 1. The van der Waals surface area contributed by atoms with Crippen molar-refractivity contribution in [3.8, 4) is 0 Å². The molecule has 0 aromatic carbocycles. The Balaban J connectivity index is 2.43. The van der Waals surface area contributed by atoms with Crippen LogP contribution in [0.3, 0.4) is 0 Å². The number of aromatic nitrogens is 4. The van der Waals surface area contributed by atoms with E-state index in [4.69, 9.17) is 4.74 Å². The van der Waals surface area contributed by atoms with Gasteiger partial charge in [-0.25, -0.2) is 24.7 Å². The van der Waals surface area contributed by atoms with Crippen LogP contribution in [0, 0.1) is 0 Å². The Hall–Kier alpha value is -2.57. The first-order valence-corrected chi connectivity index (χ1v) is 6.39. The number of carbonyl (C=O) groups is 1. The first-order chi connectivity index (χ1) is 9.91. The van der Waals surface area contributed by atoms with Crippen LogP contribution in [0.2, 0.25) is 0 Å². The maximum absolute atomic E-state index is 11.9. The van der Waals surface area contributed by atoms with Gasteiger partial charge in [-0.05, 0) is 0 Å². The SMILES string of the molecule is COC(=O)c1nc(C(C)(C)C)ncc1Nc1cncnc1. The van der Waals surface area contributed by atoms with Gasteiger partial charge < -0.3 is 10.1 Å². The summed E-state index contributed by atoms with van der Waals surface area (Å²) in [4.78, 5) is 28.3. The molecule has 0 bridgehead atoms. The first-order valence-electron chi connectivity index (χ1n) is 6.39. The van der Waals surface area contributed by atoms with Crippen LogP contribution in [-0.2, 0) is 10.2 Å². The van der Waals surface area contributed by atoms with Gasteiger partial charge in [0, 0.05) is 5.41 Å². The van der Waals surface area contributed by atoms with Crippen molar-refractivity contribution in [1.82, 2.24) is 19.9 Å². The minimum absolute atomic E-state index is 0.182. The number of rotatable bonds is 3. The third-order valence-corrected chi connectivity index (χ3v) is 2.68. The second-order valence-electron chi connectivity index (χ2n) is 5.45. The van der Waals surface area contributed by atoms with Crippen molar-refractivity contribution in [2.45, 2.75) is 26.2 Å². The molecule has 21 heavy (non-hydrogen) atoms. The molecule has 1 N–H and O–H groups in total. The number of hydrogen-bond donors (Lipinski definition) is 1. The topological polar surface area (TPSA) is 89.9 Å². The lowest BCUT2D eigenvalue weighted by Crippen LogP contribution is -2.19. The zero-order valence-corrected chi connectivity index (χ0v) is 12.4. The van der Waals surface area contributed by atoms with E-state index in [1.165, 1.54) is 13.4 Å². The van der Waals surface area contributed by atoms with Crippen molar-refractivity contribution < 1.29 is 9.53 Å². The highest BCUT2D eigenvalue weighted by Crippen LogP contribution is 2.23. The molecule has 0 aliphatic heterocycles. The van der Waals surface area contributed by atoms with Gasteiger partial charge in [-0.3, -0.25) is 0 Å². The van der Waals surface area contributed by atoms with E-state index >= 15 is 0 Å². The van der Waals surface area contributed by atoms with Crippen LogP contribution >= 0.6 is 0 Å². The zero-order chi connectivity index (χ0) is 15.5. The van der Waals surface area contributed by atoms with E-state index in [0.29, 0.717) is 17.2 Å². The molecule has 2 aromatic rings. The average molecular weight is 287 g/mol. The summed E-state index contributed by atoms with van der Waals surface area (Å²) < 4.78 is 4.78. The summed E-state index contributed by atoms with van der Waals surface area (Å²) >= 11 is 0. The fourth-order valence-electron chi connectivity index (χ4n) is 1.61. The molecule has 2 heterocycles. The van der Waals surface area contributed by atoms with Gasteiger partial charge in [-0.2, -0.15) is 0 Å². The maximum atomic E-state index is 11.9. The summed E-state index contributed by atoms with van der Waals surface area (Å²) in [6, 6.07) is 0. The minimum Gasteiger partial charge on any atom is -0.464 e. The van der Waals surface area contributed by atoms with Crippen LogP contribution in [0.1, 0.15) is 37.1 Å². The summed E-state index contributed by atoms with van der Waals surface area (Å²) in [6.07, 6.45) is 6.16. The third-order valence-electron chi connectivity index (χ3n) is 2.68. The Morgan fingerprint density at radius 1 is 1.19 bits per heavy atom. The van der Waals surface area contributed by atoms with Gasteiger partial charge in [0.2, 0.25) is 0 Å². The second kappa shape index (κ2) is 5.82. The molecule has 0 aliphatic rings. The van der Waals surface area contributed by atoms with Crippen molar-refractivity contribution >= 4 is 17.3 Å². The predicted octanol–water partition coefficient (Wildman–Crippen LogP) is 2.09. The fourth-order valence-corrected chi connectivity index (χ4v) is 1.61. The summed E-state index contributed by atoms with van der Waals surface area (Å²) in [6.45, 7) is 5.92. The minimum atomic E-state index is -0.526.